The second-order valence-electron chi connectivity index (χ2n) is 8.03. The van der Waals surface area contributed by atoms with Crippen LogP contribution in [0.4, 0.5) is 0 Å². The Hall–Kier alpha value is -1.27. The van der Waals surface area contributed by atoms with Gasteiger partial charge in [-0.2, -0.15) is 0 Å². The molecule has 0 aromatic carbocycles. The maximum Gasteiger partial charge on any atom is 0.330 e. The molecule has 1 aromatic heterocycles. The SMILES string of the molecule is CCC(C)(C)C(=O)SCCO[PH](=O)OC[C@@]1(C)O[C@@H](n2ccc(=O)[nH]c2=O)[C@H](O)[C@@H]1O. The summed E-state index contributed by atoms with van der Waals surface area (Å²) in [4.78, 5) is 37.2. The van der Waals surface area contributed by atoms with Crippen molar-refractivity contribution in [3.05, 3.63) is 33.1 Å². The first-order valence-corrected chi connectivity index (χ1v) is 11.9. The van der Waals surface area contributed by atoms with Crippen LogP contribution in [0.5, 0.6) is 0 Å². The minimum atomic E-state index is -2.95. The molecule has 2 heterocycles. The molecule has 1 aromatic rings. The number of aliphatic hydroxyl groups is 2. The summed E-state index contributed by atoms with van der Waals surface area (Å²) in [6.07, 6.45) is -2.39. The second-order valence-corrected chi connectivity index (χ2v) is 10.2. The second kappa shape index (κ2) is 10.6. The number of aliphatic hydroxyl groups excluding tert-OH is 2. The van der Waals surface area contributed by atoms with Crippen LogP contribution < -0.4 is 11.2 Å². The standard InChI is InChI=1S/C18H29N2O9PS/c1-5-17(2,3)15(24)31-9-8-27-30(26)28-10-18(4)13(23)12(22)14(29-18)20-7-6-11(21)19-16(20)25/h6-7,12-14,22-23,30H,5,8-10H2,1-4H3,(H,19,21,25)/t12-,13+,14-,18-/m1/s1. The number of hydrogen-bond donors (Lipinski definition) is 3. The summed E-state index contributed by atoms with van der Waals surface area (Å²) < 4.78 is 28.9. The zero-order valence-corrected chi connectivity index (χ0v) is 19.6. The van der Waals surface area contributed by atoms with E-state index >= 15 is 0 Å². The first kappa shape index (κ1) is 26.0. The molecule has 0 amide bonds. The van der Waals surface area contributed by atoms with E-state index in [2.05, 4.69) is 0 Å². The third-order valence-electron chi connectivity index (χ3n) is 5.21. The van der Waals surface area contributed by atoms with E-state index in [1.807, 2.05) is 25.8 Å². The highest BCUT2D eigenvalue weighted by atomic mass is 32.2. The lowest BCUT2D eigenvalue weighted by Gasteiger charge is -2.26. The molecule has 1 unspecified atom stereocenters. The molecular formula is C18H29N2O9PS. The minimum absolute atomic E-state index is 0.0201. The number of ether oxygens (including phenoxy) is 1. The molecule has 3 N–H and O–H groups in total. The van der Waals surface area contributed by atoms with Crippen LogP contribution in [-0.2, 0) is 23.1 Å². The topological polar surface area (TPSA) is 157 Å². The molecule has 13 heteroatoms. The number of hydrogen-bond acceptors (Lipinski definition) is 10. The van der Waals surface area contributed by atoms with Crippen molar-refractivity contribution in [2.24, 2.45) is 5.41 Å². The third-order valence-corrected chi connectivity index (χ3v) is 7.21. The van der Waals surface area contributed by atoms with Crippen molar-refractivity contribution in [3.63, 3.8) is 0 Å². The predicted molar refractivity (Wildman–Crippen MR) is 114 cm³/mol. The fourth-order valence-electron chi connectivity index (χ4n) is 2.74. The number of aromatic nitrogens is 2. The molecule has 1 aliphatic rings. The highest BCUT2D eigenvalue weighted by Gasteiger charge is 2.52. The molecule has 1 saturated heterocycles. The van der Waals surface area contributed by atoms with Crippen LogP contribution >= 0.6 is 20.0 Å². The maximum absolute atomic E-state index is 12.0. The Labute approximate surface area is 184 Å². The molecule has 5 atom stereocenters. The molecule has 1 aliphatic heterocycles. The van der Waals surface area contributed by atoms with Gasteiger partial charge in [0.2, 0.25) is 0 Å². The van der Waals surface area contributed by atoms with E-state index in [0.29, 0.717) is 12.2 Å². The first-order valence-electron chi connectivity index (χ1n) is 9.73. The highest BCUT2D eigenvalue weighted by Crippen LogP contribution is 2.39. The van der Waals surface area contributed by atoms with Crippen molar-refractivity contribution >= 4 is 25.1 Å². The van der Waals surface area contributed by atoms with Crippen molar-refractivity contribution in [1.82, 2.24) is 9.55 Å². The van der Waals surface area contributed by atoms with E-state index in [4.69, 9.17) is 13.8 Å². The van der Waals surface area contributed by atoms with Gasteiger partial charge in [-0.25, -0.2) is 4.79 Å². The summed E-state index contributed by atoms with van der Waals surface area (Å²) in [5.74, 6) is 0.314. The number of thioether (sulfide) groups is 1. The van der Waals surface area contributed by atoms with E-state index in [0.717, 1.165) is 28.6 Å². The smallest absolute Gasteiger partial charge is 0.330 e. The summed E-state index contributed by atoms with van der Waals surface area (Å²) in [5, 5.41) is 20.7. The monoisotopic (exact) mass is 480 g/mol. The van der Waals surface area contributed by atoms with Crippen molar-refractivity contribution in [2.45, 2.75) is 58.2 Å². The largest absolute Gasteiger partial charge is 0.387 e. The molecule has 0 bridgehead atoms. The van der Waals surface area contributed by atoms with Gasteiger partial charge in [-0.15, -0.1) is 0 Å². The average molecular weight is 480 g/mol. The molecule has 0 aliphatic carbocycles. The number of rotatable bonds is 10. The molecule has 11 nitrogen and oxygen atoms in total. The Bertz CT molecular complexity index is 918. The molecule has 0 radical (unpaired) electrons. The molecule has 1 fully saturated rings. The Morgan fingerprint density at radius 3 is 2.68 bits per heavy atom. The van der Waals surface area contributed by atoms with Crippen molar-refractivity contribution in [3.8, 4) is 0 Å². The van der Waals surface area contributed by atoms with Crippen molar-refractivity contribution < 1.29 is 33.4 Å². The lowest BCUT2D eigenvalue weighted by Crippen LogP contribution is -2.43. The lowest BCUT2D eigenvalue weighted by molar-refractivity contribution is -0.118. The Morgan fingerprint density at radius 2 is 2.06 bits per heavy atom. The normalized spacial score (nSPS) is 27.4. The van der Waals surface area contributed by atoms with Crippen LogP contribution in [-0.4, -0.2) is 61.7 Å². The quantitative estimate of drug-likeness (QED) is 0.321. The van der Waals surface area contributed by atoms with E-state index in [9.17, 15) is 29.2 Å². The molecule has 176 valence electrons. The summed E-state index contributed by atoms with van der Waals surface area (Å²) in [5.41, 5.74) is -3.36. The van der Waals surface area contributed by atoms with Crippen LogP contribution in [0.2, 0.25) is 0 Å². The van der Waals surface area contributed by atoms with Crippen LogP contribution in [0.3, 0.4) is 0 Å². The number of nitrogens with one attached hydrogen (secondary N) is 1. The fraction of sp³-hybridized carbons (Fsp3) is 0.722. The zero-order valence-electron chi connectivity index (χ0n) is 17.8. The summed E-state index contributed by atoms with van der Waals surface area (Å²) >= 11 is 1.10. The van der Waals surface area contributed by atoms with Gasteiger partial charge in [-0.1, -0.05) is 32.5 Å². The van der Waals surface area contributed by atoms with Gasteiger partial charge in [0.15, 0.2) is 11.3 Å². The Morgan fingerprint density at radius 1 is 1.39 bits per heavy atom. The van der Waals surface area contributed by atoms with Gasteiger partial charge in [-0.05, 0) is 13.3 Å². The van der Waals surface area contributed by atoms with E-state index < -0.39 is 49.0 Å². The summed E-state index contributed by atoms with van der Waals surface area (Å²) in [7, 11) is -2.95. The predicted octanol–water partition coefficient (Wildman–Crippen LogP) is 0.665. The summed E-state index contributed by atoms with van der Waals surface area (Å²) in [6, 6.07) is 1.08. The molecule has 2 rings (SSSR count). The van der Waals surface area contributed by atoms with Crippen LogP contribution in [0.25, 0.3) is 0 Å². The maximum atomic E-state index is 12.0. The van der Waals surface area contributed by atoms with E-state index in [-0.39, 0.29) is 18.3 Å². The summed E-state index contributed by atoms with van der Waals surface area (Å²) in [6.45, 7) is 6.71. The number of carbonyl (C=O) groups excluding carboxylic acids is 1. The van der Waals surface area contributed by atoms with Crippen molar-refractivity contribution in [1.29, 1.82) is 0 Å². The number of aromatic amines is 1. The van der Waals surface area contributed by atoms with Crippen LogP contribution in [0, 0.1) is 5.41 Å². The van der Waals surface area contributed by atoms with Gasteiger partial charge in [0, 0.05) is 23.4 Å². The fourth-order valence-corrected chi connectivity index (χ4v) is 4.54. The average Bonchev–Trinajstić information content (AvgIpc) is 2.94. The number of carbonyl (C=O) groups is 1. The van der Waals surface area contributed by atoms with Crippen LogP contribution in [0.1, 0.15) is 40.3 Å². The highest BCUT2D eigenvalue weighted by molar-refractivity contribution is 8.13. The Balaban J connectivity index is 1.87. The van der Waals surface area contributed by atoms with Gasteiger partial charge >= 0.3 is 13.9 Å². The van der Waals surface area contributed by atoms with Gasteiger partial charge in [0.25, 0.3) is 5.56 Å². The molecule has 0 spiro atoms. The zero-order chi connectivity index (χ0) is 23.4. The van der Waals surface area contributed by atoms with Gasteiger partial charge < -0.3 is 24.0 Å². The van der Waals surface area contributed by atoms with Crippen molar-refractivity contribution in [2.75, 3.05) is 19.0 Å². The van der Waals surface area contributed by atoms with E-state index in [1.165, 1.54) is 6.92 Å². The molecule has 0 saturated carbocycles. The van der Waals surface area contributed by atoms with Gasteiger partial charge in [-0.3, -0.25) is 23.7 Å². The first-order chi connectivity index (χ1) is 14.4. The molecular weight excluding hydrogens is 451 g/mol. The van der Waals surface area contributed by atoms with E-state index in [1.54, 1.807) is 0 Å². The number of nitrogens with zero attached hydrogens (tertiary/aromatic N) is 1. The van der Waals surface area contributed by atoms with Crippen LogP contribution in [0.15, 0.2) is 21.9 Å². The minimum Gasteiger partial charge on any atom is -0.387 e. The third kappa shape index (κ3) is 6.38. The van der Waals surface area contributed by atoms with Gasteiger partial charge in [0.1, 0.15) is 17.8 Å². The molecule has 31 heavy (non-hydrogen) atoms. The van der Waals surface area contributed by atoms with Gasteiger partial charge in [0.05, 0.1) is 13.2 Å². The number of H-pyrrole nitrogens is 1. The Kier molecular flexibility index (Phi) is 8.86. The lowest BCUT2D eigenvalue weighted by atomic mass is 9.92.